The van der Waals surface area contributed by atoms with Gasteiger partial charge in [-0.05, 0) is 24.8 Å². The molecule has 2 amide bonds. The van der Waals surface area contributed by atoms with Gasteiger partial charge in [0.2, 0.25) is 13.3 Å². The van der Waals surface area contributed by atoms with Crippen LogP contribution in [0, 0.1) is 11.8 Å². The third-order valence-corrected chi connectivity index (χ3v) is 5.71. The number of rotatable bonds is 11. The van der Waals surface area contributed by atoms with Gasteiger partial charge in [-0.15, -0.1) is 0 Å². The van der Waals surface area contributed by atoms with Crippen LogP contribution in [0.25, 0.3) is 0 Å². The van der Waals surface area contributed by atoms with Crippen molar-refractivity contribution < 1.29 is 33.7 Å². The maximum absolute atomic E-state index is 12.5. The molecule has 0 spiro atoms. The molecule has 1 aromatic carbocycles. The summed E-state index contributed by atoms with van der Waals surface area (Å²) in [6, 6.07) is 7.86. The van der Waals surface area contributed by atoms with Crippen molar-refractivity contribution in [1.29, 1.82) is 0 Å². The maximum atomic E-state index is 12.5. The second kappa shape index (κ2) is 11.6. The van der Waals surface area contributed by atoms with Gasteiger partial charge >= 0.3 is 12.1 Å². The van der Waals surface area contributed by atoms with Gasteiger partial charge in [0.1, 0.15) is 12.6 Å². The van der Waals surface area contributed by atoms with Gasteiger partial charge in [-0.3, -0.25) is 14.2 Å². The van der Waals surface area contributed by atoms with Crippen molar-refractivity contribution in [1.82, 2.24) is 10.6 Å². The van der Waals surface area contributed by atoms with E-state index in [9.17, 15) is 23.8 Å². The lowest BCUT2D eigenvalue weighted by Gasteiger charge is -2.23. The van der Waals surface area contributed by atoms with Crippen LogP contribution in [0.4, 0.5) is 4.79 Å². The Bertz CT molecular complexity index is 739. The van der Waals surface area contributed by atoms with E-state index in [4.69, 9.17) is 9.84 Å². The Morgan fingerprint density at radius 2 is 1.76 bits per heavy atom. The number of hydrogen-bond acceptors (Lipinski definition) is 5. The molecule has 0 radical (unpaired) electrons. The van der Waals surface area contributed by atoms with E-state index in [1.54, 1.807) is 24.3 Å². The lowest BCUT2D eigenvalue weighted by atomic mass is 9.98. The molecule has 4 N–H and O–H groups in total. The van der Waals surface area contributed by atoms with E-state index >= 15 is 0 Å². The van der Waals surface area contributed by atoms with Crippen LogP contribution in [0.1, 0.15) is 32.8 Å². The molecule has 0 aromatic heterocycles. The number of carboxylic acids is 1. The maximum Gasteiger partial charge on any atom is 0.407 e. The van der Waals surface area contributed by atoms with Gasteiger partial charge in [0.25, 0.3) is 0 Å². The molecule has 0 aliphatic heterocycles. The zero-order valence-corrected chi connectivity index (χ0v) is 17.7. The standard InChI is InChI=1S/C19H29N2O7P/c1-13(2)9-16(17(22)21-14(3)18(23)24)11-29(26,27)12-20-19(25)28-10-15-7-5-4-6-8-15/h4-8,13-14,16H,9-12H2,1-3H3,(H,20,25)(H,21,22)(H,23,24)(H,26,27). The summed E-state index contributed by atoms with van der Waals surface area (Å²) < 4.78 is 17.5. The highest BCUT2D eigenvalue weighted by Crippen LogP contribution is 2.42. The molecule has 0 fully saturated rings. The third-order valence-electron chi connectivity index (χ3n) is 4.04. The number of amides is 2. The Balaban J connectivity index is 2.60. The van der Waals surface area contributed by atoms with E-state index in [1.165, 1.54) is 6.92 Å². The van der Waals surface area contributed by atoms with Gasteiger partial charge in [0.05, 0.1) is 6.29 Å². The van der Waals surface area contributed by atoms with Gasteiger partial charge in [0, 0.05) is 12.1 Å². The smallest absolute Gasteiger partial charge is 0.407 e. The molecule has 1 rings (SSSR count). The monoisotopic (exact) mass is 428 g/mol. The van der Waals surface area contributed by atoms with Gasteiger partial charge in [-0.1, -0.05) is 44.2 Å². The first-order valence-electron chi connectivity index (χ1n) is 9.28. The normalized spacial score (nSPS) is 15.1. The Hall–Kier alpha value is -2.38. The van der Waals surface area contributed by atoms with Crippen molar-refractivity contribution in [2.75, 3.05) is 12.4 Å². The minimum atomic E-state index is -3.90. The average molecular weight is 428 g/mol. The minimum absolute atomic E-state index is 0.0217. The van der Waals surface area contributed by atoms with E-state index in [0.29, 0.717) is 6.42 Å². The van der Waals surface area contributed by atoms with Crippen molar-refractivity contribution in [2.45, 2.75) is 39.8 Å². The van der Waals surface area contributed by atoms with E-state index in [2.05, 4.69) is 10.6 Å². The number of carbonyl (C=O) groups is 3. The second-order valence-corrected chi connectivity index (χ2v) is 9.69. The first-order valence-corrected chi connectivity index (χ1v) is 11.3. The topological polar surface area (TPSA) is 142 Å². The molecule has 0 aliphatic rings. The zero-order valence-electron chi connectivity index (χ0n) is 16.8. The number of nitrogens with one attached hydrogen (secondary N) is 2. The fourth-order valence-electron chi connectivity index (χ4n) is 2.60. The summed E-state index contributed by atoms with van der Waals surface area (Å²) in [6.45, 7) is 5.04. The predicted molar refractivity (Wildman–Crippen MR) is 108 cm³/mol. The molecule has 0 saturated heterocycles. The summed E-state index contributed by atoms with van der Waals surface area (Å²) in [5.74, 6) is -2.60. The van der Waals surface area contributed by atoms with Crippen LogP contribution >= 0.6 is 7.37 Å². The zero-order chi connectivity index (χ0) is 22.0. The number of alkyl carbamates (subject to hydrolysis) is 1. The summed E-state index contributed by atoms with van der Waals surface area (Å²) in [5.41, 5.74) is 0.774. The molecule has 9 nitrogen and oxygen atoms in total. The van der Waals surface area contributed by atoms with E-state index in [-0.39, 0.29) is 18.7 Å². The lowest BCUT2D eigenvalue weighted by Crippen LogP contribution is -2.43. The molecule has 3 atom stereocenters. The van der Waals surface area contributed by atoms with Crippen LogP contribution in [0.3, 0.4) is 0 Å². The second-order valence-electron chi connectivity index (χ2n) is 7.32. The molecule has 0 bridgehead atoms. The largest absolute Gasteiger partial charge is 0.480 e. The summed E-state index contributed by atoms with van der Waals surface area (Å²) in [6.07, 6.45) is -1.45. The van der Waals surface area contributed by atoms with Gasteiger partial charge in [-0.25, -0.2) is 4.79 Å². The molecule has 3 unspecified atom stereocenters. The van der Waals surface area contributed by atoms with Crippen LogP contribution in [-0.2, 0) is 25.5 Å². The highest BCUT2D eigenvalue weighted by atomic mass is 31.2. The van der Waals surface area contributed by atoms with Crippen molar-refractivity contribution in [2.24, 2.45) is 11.8 Å². The van der Waals surface area contributed by atoms with Crippen LogP contribution in [0.15, 0.2) is 30.3 Å². The van der Waals surface area contributed by atoms with Crippen LogP contribution < -0.4 is 10.6 Å². The van der Waals surface area contributed by atoms with E-state index in [1.807, 2.05) is 19.9 Å². The number of aliphatic carboxylic acids is 1. The molecule has 0 aliphatic carbocycles. The van der Waals surface area contributed by atoms with Crippen molar-refractivity contribution in [3.8, 4) is 0 Å². The Kier molecular flexibility index (Phi) is 9.85. The van der Waals surface area contributed by atoms with E-state index < -0.39 is 43.6 Å². The molecular weight excluding hydrogens is 399 g/mol. The third kappa shape index (κ3) is 10.1. The summed E-state index contributed by atoms with van der Waals surface area (Å²) in [4.78, 5) is 45.3. The molecule has 0 saturated carbocycles. The molecule has 29 heavy (non-hydrogen) atoms. The quantitative estimate of drug-likeness (QED) is 0.396. The highest BCUT2D eigenvalue weighted by molar-refractivity contribution is 7.58. The molecule has 10 heteroatoms. The first-order chi connectivity index (χ1) is 13.5. The average Bonchev–Trinajstić information content (AvgIpc) is 2.64. The fraction of sp³-hybridized carbons (Fsp3) is 0.526. The van der Waals surface area contributed by atoms with Gasteiger partial charge < -0.3 is 25.4 Å². The SMILES string of the molecule is CC(C)CC(CP(=O)(O)CNC(=O)OCc1ccccc1)C(=O)NC(C)C(=O)O. The van der Waals surface area contributed by atoms with Crippen LogP contribution in [0.2, 0.25) is 0 Å². The predicted octanol–water partition coefficient (Wildman–Crippen LogP) is 2.39. The lowest BCUT2D eigenvalue weighted by molar-refractivity contribution is -0.141. The molecule has 0 heterocycles. The summed E-state index contributed by atoms with van der Waals surface area (Å²) >= 11 is 0. The number of carboxylic acid groups (broad SMARTS) is 1. The first kappa shape index (κ1) is 24.7. The Labute approximate surface area is 170 Å². The highest BCUT2D eigenvalue weighted by Gasteiger charge is 2.31. The fourth-order valence-corrected chi connectivity index (χ4v) is 4.11. The van der Waals surface area contributed by atoms with Crippen LogP contribution in [-0.4, -0.2) is 46.5 Å². The molecule has 162 valence electrons. The molecule has 1 aromatic rings. The van der Waals surface area contributed by atoms with E-state index in [0.717, 1.165) is 5.56 Å². The van der Waals surface area contributed by atoms with Crippen molar-refractivity contribution in [3.05, 3.63) is 35.9 Å². The van der Waals surface area contributed by atoms with Gasteiger partial charge in [-0.2, -0.15) is 0 Å². The van der Waals surface area contributed by atoms with Crippen LogP contribution in [0.5, 0.6) is 0 Å². The minimum Gasteiger partial charge on any atom is -0.480 e. The Morgan fingerprint density at radius 3 is 2.31 bits per heavy atom. The Morgan fingerprint density at radius 1 is 1.14 bits per heavy atom. The number of hydrogen-bond donors (Lipinski definition) is 4. The summed E-state index contributed by atoms with van der Waals surface area (Å²) in [5, 5.41) is 13.5. The number of ether oxygens (including phenoxy) is 1. The van der Waals surface area contributed by atoms with Gasteiger partial charge in [0.15, 0.2) is 0 Å². The van der Waals surface area contributed by atoms with Crippen molar-refractivity contribution in [3.63, 3.8) is 0 Å². The van der Waals surface area contributed by atoms with Crippen molar-refractivity contribution >= 4 is 25.3 Å². The summed E-state index contributed by atoms with van der Waals surface area (Å²) in [7, 11) is -3.90. The molecular formula is C19H29N2O7P. The number of carbonyl (C=O) groups excluding carboxylic acids is 2. The number of benzene rings is 1.